The van der Waals surface area contributed by atoms with E-state index < -0.39 is 11.9 Å². The van der Waals surface area contributed by atoms with Crippen LogP contribution in [-0.2, 0) is 0 Å². The summed E-state index contributed by atoms with van der Waals surface area (Å²) in [4.78, 5) is 29.4. The van der Waals surface area contributed by atoms with E-state index in [1.54, 1.807) is 60.7 Å². The molecule has 0 aliphatic rings. The van der Waals surface area contributed by atoms with Gasteiger partial charge in [-0.25, -0.2) is 14.6 Å². The smallest absolute Gasteiger partial charge is 0.345 e. The maximum atomic E-state index is 12.6. The number of unbranched alkanes of at least 4 members (excludes halogenated alkanes) is 9. The first-order chi connectivity index (χ1) is 21.0. The molecule has 0 saturated carbocycles. The average Bonchev–Trinajstić information content (AvgIpc) is 3.02. The third-order valence-electron chi connectivity index (χ3n) is 7.11. The molecule has 0 fully saturated rings. The number of aromatic nitrogens is 1. The summed E-state index contributed by atoms with van der Waals surface area (Å²) in [6.07, 6.45) is 15.9. The highest BCUT2D eigenvalue weighted by molar-refractivity contribution is 5.92. The number of hydrogen-bond donors (Lipinski definition) is 0. The number of ether oxygens (including phenoxy) is 4. The fourth-order valence-corrected chi connectivity index (χ4v) is 4.55. The van der Waals surface area contributed by atoms with Crippen LogP contribution in [0.5, 0.6) is 23.1 Å². The normalized spacial score (nSPS) is 11.5. The van der Waals surface area contributed by atoms with E-state index >= 15 is 0 Å². The predicted octanol–water partition coefficient (Wildman–Crippen LogP) is 9.39. The first-order valence-electron chi connectivity index (χ1n) is 15.9. The zero-order valence-electron chi connectivity index (χ0n) is 26.0. The first kappa shape index (κ1) is 33.6. The maximum absolute atomic E-state index is 12.6. The van der Waals surface area contributed by atoms with Crippen LogP contribution in [0, 0.1) is 0 Å². The lowest BCUT2D eigenvalue weighted by atomic mass is 10.1. The molecule has 0 aliphatic heterocycles. The summed E-state index contributed by atoms with van der Waals surface area (Å²) in [7, 11) is 0. The molecule has 1 heterocycles. The summed E-state index contributed by atoms with van der Waals surface area (Å²) in [5, 5.41) is 0. The number of carbonyl (C=O) groups excluding carboxylic acids is 2. The summed E-state index contributed by atoms with van der Waals surface area (Å²) >= 11 is 0. The van der Waals surface area contributed by atoms with Gasteiger partial charge in [0.2, 0.25) is 5.88 Å². The Bertz CT molecular complexity index is 1210. The largest absolute Gasteiger partial charge is 0.491 e. The van der Waals surface area contributed by atoms with Gasteiger partial charge in [-0.1, -0.05) is 71.6 Å². The predicted molar refractivity (Wildman–Crippen MR) is 169 cm³/mol. The van der Waals surface area contributed by atoms with Crippen LogP contribution in [-0.4, -0.2) is 29.6 Å². The minimum Gasteiger partial charge on any atom is -0.491 e. The highest BCUT2D eigenvalue weighted by Crippen LogP contribution is 2.22. The third kappa shape index (κ3) is 12.9. The van der Waals surface area contributed by atoms with Gasteiger partial charge < -0.3 is 18.9 Å². The lowest BCUT2D eigenvalue weighted by Crippen LogP contribution is -2.12. The Morgan fingerprint density at radius 1 is 0.628 bits per heavy atom. The van der Waals surface area contributed by atoms with E-state index in [2.05, 4.69) is 25.8 Å². The number of pyridine rings is 1. The molecule has 0 spiro atoms. The van der Waals surface area contributed by atoms with E-state index in [1.807, 2.05) is 0 Å². The Labute approximate surface area is 256 Å². The molecule has 0 radical (unpaired) electrons. The van der Waals surface area contributed by atoms with E-state index in [4.69, 9.17) is 18.9 Å². The molecule has 7 heteroatoms. The van der Waals surface area contributed by atoms with Gasteiger partial charge in [0.1, 0.15) is 17.2 Å². The van der Waals surface area contributed by atoms with Crippen LogP contribution in [0.15, 0.2) is 66.9 Å². The van der Waals surface area contributed by atoms with E-state index in [9.17, 15) is 9.59 Å². The Hall–Kier alpha value is -3.87. The van der Waals surface area contributed by atoms with Gasteiger partial charge in [-0.3, -0.25) is 0 Å². The van der Waals surface area contributed by atoms with E-state index in [1.165, 1.54) is 57.6 Å². The van der Waals surface area contributed by atoms with Crippen LogP contribution in [0.2, 0.25) is 0 Å². The Balaban J connectivity index is 1.39. The molecule has 3 aromatic rings. The van der Waals surface area contributed by atoms with Crippen molar-refractivity contribution < 1.29 is 28.5 Å². The fraction of sp³-hybridized carbons (Fsp3) is 0.472. The summed E-state index contributed by atoms with van der Waals surface area (Å²) in [5.41, 5.74) is 0.648. The van der Waals surface area contributed by atoms with Crippen molar-refractivity contribution in [2.45, 2.75) is 104 Å². The molecule has 2 aromatic carbocycles. The lowest BCUT2D eigenvalue weighted by Gasteiger charge is -2.15. The van der Waals surface area contributed by atoms with Crippen molar-refractivity contribution >= 4 is 11.9 Å². The molecule has 1 aromatic heterocycles. The lowest BCUT2D eigenvalue weighted by molar-refractivity contribution is 0.0730. The van der Waals surface area contributed by atoms with Crippen molar-refractivity contribution in [3.63, 3.8) is 0 Å². The van der Waals surface area contributed by atoms with Gasteiger partial charge >= 0.3 is 11.9 Å². The van der Waals surface area contributed by atoms with Gasteiger partial charge in [0.25, 0.3) is 0 Å². The van der Waals surface area contributed by atoms with Crippen LogP contribution in [0.1, 0.15) is 119 Å². The molecule has 7 nitrogen and oxygen atoms in total. The molecule has 0 aliphatic carbocycles. The van der Waals surface area contributed by atoms with Gasteiger partial charge in [-0.15, -0.1) is 0 Å². The second-order valence-electron chi connectivity index (χ2n) is 10.9. The minimum absolute atomic E-state index is 0.132. The second kappa shape index (κ2) is 19.3. The quantitative estimate of drug-likeness (QED) is 0.0737. The molecular formula is C36H47NO6. The summed E-state index contributed by atoms with van der Waals surface area (Å²) in [5.74, 6) is 0.915. The highest BCUT2D eigenvalue weighted by atomic mass is 16.5. The molecule has 3 rings (SSSR count). The summed E-state index contributed by atoms with van der Waals surface area (Å²) in [6, 6.07) is 16.6. The number of carbonyl (C=O) groups is 2. The first-order valence-corrected chi connectivity index (χ1v) is 15.9. The van der Waals surface area contributed by atoms with Gasteiger partial charge in [0.15, 0.2) is 0 Å². The van der Waals surface area contributed by atoms with E-state index in [0.717, 1.165) is 31.4 Å². The van der Waals surface area contributed by atoms with Gasteiger partial charge in [-0.2, -0.15) is 0 Å². The van der Waals surface area contributed by atoms with E-state index in [-0.39, 0.29) is 6.10 Å². The maximum Gasteiger partial charge on any atom is 0.345 e. The van der Waals surface area contributed by atoms with E-state index in [0.29, 0.717) is 35.1 Å². The zero-order chi connectivity index (χ0) is 30.7. The number of nitrogens with zero attached hydrogens (tertiary/aromatic N) is 1. The second-order valence-corrected chi connectivity index (χ2v) is 10.9. The SMILES string of the molecule is CCCCCCCCCOc1ccc(C(=O)Oc2ccc(C(=O)Oc3ccc(O[C@@H](C)CCCCCC)cc3)cc2)cn1. The molecule has 0 unspecified atom stereocenters. The highest BCUT2D eigenvalue weighted by Gasteiger charge is 2.13. The fourth-order valence-electron chi connectivity index (χ4n) is 4.55. The van der Waals surface area contributed by atoms with Crippen molar-refractivity contribution in [2.75, 3.05) is 6.61 Å². The van der Waals surface area contributed by atoms with Crippen LogP contribution >= 0.6 is 0 Å². The molecule has 43 heavy (non-hydrogen) atoms. The Morgan fingerprint density at radius 3 is 1.74 bits per heavy atom. The van der Waals surface area contributed by atoms with Gasteiger partial charge in [-0.05, 0) is 80.8 Å². The molecule has 0 amide bonds. The Kier molecular flexibility index (Phi) is 15.1. The number of rotatable bonds is 20. The van der Waals surface area contributed by atoms with Gasteiger partial charge in [0, 0.05) is 12.3 Å². The van der Waals surface area contributed by atoms with Crippen LogP contribution in [0.4, 0.5) is 0 Å². The Morgan fingerprint density at radius 2 is 1.14 bits per heavy atom. The molecular weight excluding hydrogens is 542 g/mol. The molecule has 232 valence electrons. The van der Waals surface area contributed by atoms with Crippen molar-refractivity contribution in [1.29, 1.82) is 0 Å². The third-order valence-corrected chi connectivity index (χ3v) is 7.11. The van der Waals surface area contributed by atoms with Crippen molar-refractivity contribution in [2.24, 2.45) is 0 Å². The number of benzene rings is 2. The summed E-state index contributed by atoms with van der Waals surface area (Å²) in [6.45, 7) is 7.10. The monoisotopic (exact) mass is 589 g/mol. The summed E-state index contributed by atoms with van der Waals surface area (Å²) < 4.78 is 22.6. The average molecular weight is 590 g/mol. The molecule has 0 N–H and O–H groups in total. The van der Waals surface area contributed by atoms with Crippen molar-refractivity contribution in [3.8, 4) is 23.1 Å². The number of hydrogen-bond acceptors (Lipinski definition) is 7. The van der Waals surface area contributed by atoms with Crippen LogP contribution in [0.25, 0.3) is 0 Å². The molecule has 0 saturated heterocycles. The zero-order valence-corrected chi connectivity index (χ0v) is 26.0. The molecule has 0 bridgehead atoms. The topological polar surface area (TPSA) is 84.0 Å². The standard InChI is InChI=1S/C36H47NO6/c1-4-6-8-10-11-12-14-26-40-34-25-18-30(27-37-34)36(39)43-32-19-16-29(17-20-32)35(38)42-33-23-21-31(22-24-33)41-28(3)15-13-9-7-5-2/h16-25,27-28H,4-15,26H2,1-3H3/t28-/m0/s1. The van der Waals surface area contributed by atoms with Crippen molar-refractivity contribution in [3.05, 3.63) is 78.0 Å². The van der Waals surface area contributed by atoms with Crippen molar-refractivity contribution in [1.82, 2.24) is 4.98 Å². The van der Waals surface area contributed by atoms with Gasteiger partial charge in [0.05, 0.1) is 23.8 Å². The van der Waals surface area contributed by atoms with Crippen LogP contribution in [0.3, 0.4) is 0 Å². The molecule has 1 atom stereocenters. The van der Waals surface area contributed by atoms with Crippen LogP contribution < -0.4 is 18.9 Å². The number of esters is 2. The minimum atomic E-state index is -0.543.